The van der Waals surface area contributed by atoms with Gasteiger partial charge in [-0.15, -0.1) is 0 Å². The summed E-state index contributed by atoms with van der Waals surface area (Å²) >= 11 is 0. The van der Waals surface area contributed by atoms with Crippen LogP contribution in [0, 0.1) is 10.1 Å². The van der Waals surface area contributed by atoms with Crippen LogP contribution in [0.4, 0.5) is 5.69 Å². The Labute approximate surface area is 103 Å². The zero-order valence-corrected chi connectivity index (χ0v) is 9.83. The second-order valence-corrected chi connectivity index (χ2v) is 3.89. The van der Waals surface area contributed by atoms with Gasteiger partial charge in [0.2, 0.25) is 0 Å². The molecular formula is C11H13N5O2. The molecule has 2 aromatic rings. The van der Waals surface area contributed by atoms with Crippen molar-refractivity contribution in [3.63, 3.8) is 0 Å². The quantitative estimate of drug-likeness (QED) is 0.617. The van der Waals surface area contributed by atoms with Crippen molar-refractivity contribution in [2.75, 3.05) is 0 Å². The third-order valence-corrected chi connectivity index (χ3v) is 2.62. The lowest BCUT2D eigenvalue weighted by atomic mass is 10.1. The Morgan fingerprint density at radius 2 is 2.39 bits per heavy atom. The smallest absolute Gasteiger partial charge is 0.269 e. The molecule has 1 atom stereocenters. The van der Waals surface area contributed by atoms with E-state index in [0.29, 0.717) is 6.54 Å². The second kappa shape index (κ2) is 5.37. The summed E-state index contributed by atoms with van der Waals surface area (Å²) in [6.07, 6.45) is 1.44. The van der Waals surface area contributed by atoms with E-state index in [9.17, 15) is 10.1 Å². The average Bonchev–Trinajstić information content (AvgIpc) is 2.89. The Morgan fingerprint density at radius 3 is 3.06 bits per heavy atom. The van der Waals surface area contributed by atoms with Crippen LogP contribution in [-0.4, -0.2) is 20.1 Å². The summed E-state index contributed by atoms with van der Waals surface area (Å²) in [5.41, 5.74) is 0.963. The van der Waals surface area contributed by atoms with E-state index in [1.54, 1.807) is 12.1 Å². The third kappa shape index (κ3) is 2.89. The van der Waals surface area contributed by atoms with Crippen LogP contribution in [0.15, 0.2) is 30.6 Å². The van der Waals surface area contributed by atoms with Gasteiger partial charge in [-0.25, -0.2) is 4.98 Å². The van der Waals surface area contributed by atoms with Gasteiger partial charge >= 0.3 is 0 Å². The first-order valence-corrected chi connectivity index (χ1v) is 5.49. The lowest BCUT2D eigenvalue weighted by Gasteiger charge is -2.12. The van der Waals surface area contributed by atoms with Gasteiger partial charge in [-0.1, -0.05) is 12.1 Å². The molecule has 0 aliphatic rings. The highest BCUT2D eigenvalue weighted by Gasteiger charge is 2.10. The topological polar surface area (TPSA) is 96.7 Å². The molecule has 0 aliphatic heterocycles. The van der Waals surface area contributed by atoms with Gasteiger partial charge in [0.05, 0.1) is 11.5 Å². The largest absolute Gasteiger partial charge is 0.303 e. The zero-order chi connectivity index (χ0) is 13.0. The van der Waals surface area contributed by atoms with Crippen molar-refractivity contribution in [3.05, 3.63) is 52.1 Å². The monoisotopic (exact) mass is 247 g/mol. The van der Waals surface area contributed by atoms with E-state index in [-0.39, 0.29) is 11.7 Å². The van der Waals surface area contributed by atoms with Gasteiger partial charge in [-0.05, 0) is 12.5 Å². The average molecular weight is 247 g/mol. The molecule has 1 aromatic carbocycles. The van der Waals surface area contributed by atoms with Gasteiger partial charge in [0, 0.05) is 18.2 Å². The molecule has 0 radical (unpaired) electrons. The molecule has 0 bridgehead atoms. The van der Waals surface area contributed by atoms with Crippen molar-refractivity contribution in [1.82, 2.24) is 20.5 Å². The van der Waals surface area contributed by atoms with E-state index >= 15 is 0 Å². The van der Waals surface area contributed by atoms with E-state index < -0.39 is 4.92 Å². The van der Waals surface area contributed by atoms with Crippen LogP contribution >= 0.6 is 0 Å². The van der Waals surface area contributed by atoms with Crippen molar-refractivity contribution >= 4 is 5.69 Å². The summed E-state index contributed by atoms with van der Waals surface area (Å²) in [6, 6.07) is 6.57. The number of nitro benzene ring substituents is 1. The molecule has 7 heteroatoms. The molecule has 0 amide bonds. The zero-order valence-electron chi connectivity index (χ0n) is 9.83. The normalized spacial score (nSPS) is 12.3. The summed E-state index contributed by atoms with van der Waals surface area (Å²) in [5, 5.41) is 20.4. The van der Waals surface area contributed by atoms with Crippen LogP contribution in [0.1, 0.15) is 24.4 Å². The Morgan fingerprint density at radius 1 is 1.56 bits per heavy atom. The molecule has 94 valence electrons. The van der Waals surface area contributed by atoms with Crippen molar-refractivity contribution in [2.45, 2.75) is 19.5 Å². The molecule has 2 rings (SSSR count). The van der Waals surface area contributed by atoms with Gasteiger partial charge in [0.1, 0.15) is 12.2 Å². The first kappa shape index (κ1) is 12.2. The van der Waals surface area contributed by atoms with Crippen LogP contribution in [0.5, 0.6) is 0 Å². The first-order chi connectivity index (χ1) is 8.66. The number of rotatable bonds is 5. The van der Waals surface area contributed by atoms with Crippen LogP contribution < -0.4 is 5.32 Å². The predicted molar refractivity (Wildman–Crippen MR) is 64.7 cm³/mol. The van der Waals surface area contributed by atoms with E-state index in [0.717, 1.165) is 11.4 Å². The number of aromatic amines is 1. The minimum Gasteiger partial charge on any atom is -0.303 e. The maximum Gasteiger partial charge on any atom is 0.269 e. The minimum atomic E-state index is -0.396. The van der Waals surface area contributed by atoms with Crippen LogP contribution in [-0.2, 0) is 6.54 Å². The fraction of sp³-hybridized carbons (Fsp3) is 0.273. The molecule has 0 spiro atoms. The number of benzene rings is 1. The maximum absolute atomic E-state index is 10.7. The minimum absolute atomic E-state index is 0.00463. The summed E-state index contributed by atoms with van der Waals surface area (Å²) in [7, 11) is 0. The van der Waals surface area contributed by atoms with Crippen molar-refractivity contribution < 1.29 is 4.92 Å². The molecular weight excluding hydrogens is 234 g/mol. The highest BCUT2D eigenvalue weighted by atomic mass is 16.6. The SMILES string of the molecule is CC(NCc1ncn[nH]1)c1cccc([N+](=O)[O-])c1. The Kier molecular flexibility index (Phi) is 3.63. The van der Waals surface area contributed by atoms with Crippen LogP contribution in [0.3, 0.4) is 0 Å². The predicted octanol–water partition coefficient (Wildman–Crippen LogP) is 1.56. The third-order valence-electron chi connectivity index (χ3n) is 2.62. The standard InChI is InChI=1S/C11H13N5O2/c1-8(12-6-11-13-7-14-15-11)9-3-2-4-10(5-9)16(17)18/h2-5,7-8,12H,6H2,1H3,(H,13,14,15). The van der Waals surface area contributed by atoms with Crippen molar-refractivity contribution in [2.24, 2.45) is 0 Å². The van der Waals surface area contributed by atoms with E-state index in [1.165, 1.54) is 12.4 Å². The molecule has 0 saturated heterocycles. The Hall–Kier alpha value is -2.28. The van der Waals surface area contributed by atoms with E-state index in [4.69, 9.17) is 0 Å². The van der Waals surface area contributed by atoms with Crippen molar-refractivity contribution in [3.8, 4) is 0 Å². The van der Waals surface area contributed by atoms with Gasteiger partial charge in [-0.2, -0.15) is 5.10 Å². The molecule has 0 saturated carbocycles. The number of aromatic nitrogens is 3. The summed E-state index contributed by atoms with van der Waals surface area (Å²) in [6.45, 7) is 2.47. The highest BCUT2D eigenvalue weighted by molar-refractivity contribution is 5.35. The fourth-order valence-electron chi connectivity index (χ4n) is 1.59. The number of non-ortho nitro benzene ring substituents is 1. The molecule has 2 N–H and O–H groups in total. The number of nitro groups is 1. The lowest BCUT2D eigenvalue weighted by molar-refractivity contribution is -0.384. The van der Waals surface area contributed by atoms with Gasteiger partial charge < -0.3 is 5.32 Å². The van der Waals surface area contributed by atoms with Gasteiger partial charge in [0.15, 0.2) is 0 Å². The Bertz CT molecular complexity index is 526. The van der Waals surface area contributed by atoms with Crippen LogP contribution in [0.2, 0.25) is 0 Å². The first-order valence-electron chi connectivity index (χ1n) is 5.49. The summed E-state index contributed by atoms with van der Waals surface area (Å²) < 4.78 is 0. The van der Waals surface area contributed by atoms with Crippen molar-refractivity contribution in [1.29, 1.82) is 0 Å². The molecule has 1 heterocycles. The van der Waals surface area contributed by atoms with E-state index in [1.807, 2.05) is 13.0 Å². The lowest BCUT2D eigenvalue weighted by Crippen LogP contribution is -2.18. The number of nitrogens with zero attached hydrogens (tertiary/aromatic N) is 3. The van der Waals surface area contributed by atoms with Crippen LogP contribution in [0.25, 0.3) is 0 Å². The molecule has 1 unspecified atom stereocenters. The number of nitrogens with one attached hydrogen (secondary N) is 2. The fourth-order valence-corrected chi connectivity index (χ4v) is 1.59. The highest BCUT2D eigenvalue weighted by Crippen LogP contribution is 2.18. The number of hydrogen-bond acceptors (Lipinski definition) is 5. The number of H-pyrrole nitrogens is 1. The summed E-state index contributed by atoms with van der Waals surface area (Å²) in [4.78, 5) is 14.3. The van der Waals surface area contributed by atoms with Gasteiger partial charge in [0.25, 0.3) is 5.69 Å². The van der Waals surface area contributed by atoms with E-state index in [2.05, 4.69) is 20.5 Å². The number of hydrogen-bond donors (Lipinski definition) is 2. The van der Waals surface area contributed by atoms with Gasteiger partial charge in [-0.3, -0.25) is 15.2 Å². The molecule has 7 nitrogen and oxygen atoms in total. The maximum atomic E-state index is 10.7. The summed E-state index contributed by atoms with van der Waals surface area (Å²) in [5.74, 6) is 0.729. The molecule has 1 aromatic heterocycles. The second-order valence-electron chi connectivity index (χ2n) is 3.89. The molecule has 0 fully saturated rings. The Balaban J connectivity index is 2.02. The molecule has 0 aliphatic carbocycles. The molecule has 18 heavy (non-hydrogen) atoms.